The Kier molecular flexibility index (Phi) is 7.17. The fraction of sp³-hybridized carbons (Fsp3) is 0.391. The molecular weight excluding hydrogens is 557 g/mol. The number of amidine groups is 1. The number of carboxylic acids is 1. The number of piperazine rings is 1. The van der Waals surface area contributed by atoms with Crippen molar-refractivity contribution in [3.8, 4) is 0 Å². The lowest BCUT2D eigenvalue weighted by molar-refractivity contribution is -0.147. The van der Waals surface area contributed by atoms with Gasteiger partial charge >= 0.3 is 5.97 Å². The molecule has 36 heavy (non-hydrogen) atoms. The number of halogens is 2. The number of carboxylic acid groups (broad SMARTS) is 1. The maximum absolute atomic E-state index is 13.8. The molecule has 3 N–H and O–H groups in total. The van der Waals surface area contributed by atoms with Gasteiger partial charge in [-0.2, -0.15) is 0 Å². The Hall–Kier alpha value is -2.71. The number of morpholine rings is 1. The quantitative estimate of drug-likeness (QED) is 0.468. The highest BCUT2D eigenvalue weighted by Gasteiger charge is 2.42. The van der Waals surface area contributed by atoms with E-state index in [-0.39, 0.29) is 30.1 Å². The van der Waals surface area contributed by atoms with Gasteiger partial charge in [0.1, 0.15) is 18.5 Å². The number of aliphatic carboxylic acids is 1. The number of aromatic nitrogens is 1. The number of ether oxygens (including phenoxy) is 1. The minimum atomic E-state index is -1.14. The number of benzene rings is 1. The van der Waals surface area contributed by atoms with Gasteiger partial charge in [0.15, 0.2) is 10.8 Å². The van der Waals surface area contributed by atoms with Crippen molar-refractivity contribution in [3.05, 3.63) is 61.9 Å². The molecule has 2 aromatic rings. The largest absolute Gasteiger partial charge is 0.478 e. The van der Waals surface area contributed by atoms with E-state index in [1.54, 1.807) is 16.5 Å². The van der Waals surface area contributed by atoms with E-state index in [0.29, 0.717) is 52.9 Å². The second-order valence-electron chi connectivity index (χ2n) is 8.68. The molecule has 2 saturated heterocycles. The summed E-state index contributed by atoms with van der Waals surface area (Å²) >= 11 is 4.74. The Morgan fingerprint density at radius 3 is 2.64 bits per heavy atom. The van der Waals surface area contributed by atoms with Gasteiger partial charge in [-0.05, 0) is 17.7 Å². The van der Waals surface area contributed by atoms with Gasteiger partial charge in [-0.25, -0.2) is 14.2 Å². The fourth-order valence-corrected chi connectivity index (χ4v) is 6.00. The predicted octanol–water partition coefficient (Wildman–Crippen LogP) is 1.38. The lowest BCUT2D eigenvalue weighted by atomic mass is 9.94. The molecule has 4 heterocycles. The summed E-state index contributed by atoms with van der Waals surface area (Å²) < 4.78 is 20.0. The molecule has 0 spiro atoms. The normalized spacial score (nSPS) is 24.4. The van der Waals surface area contributed by atoms with Crippen LogP contribution in [0.5, 0.6) is 0 Å². The highest BCUT2D eigenvalue weighted by Crippen LogP contribution is 2.37. The Morgan fingerprint density at radius 1 is 1.28 bits per heavy atom. The second kappa shape index (κ2) is 10.3. The smallest absolute Gasteiger partial charge is 0.335 e. The van der Waals surface area contributed by atoms with Gasteiger partial charge in [-0.3, -0.25) is 14.7 Å². The summed E-state index contributed by atoms with van der Waals surface area (Å²) in [6.07, 6.45) is 1.64. The van der Waals surface area contributed by atoms with E-state index in [1.807, 2.05) is 0 Å². The van der Waals surface area contributed by atoms with Gasteiger partial charge in [0.2, 0.25) is 5.91 Å². The summed E-state index contributed by atoms with van der Waals surface area (Å²) in [7, 11) is 0. The van der Waals surface area contributed by atoms with Crippen LogP contribution >= 0.6 is 27.3 Å². The van der Waals surface area contributed by atoms with Crippen LogP contribution in [0, 0.1) is 5.82 Å². The van der Waals surface area contributed by atoms with Crippen molar-refractivity contribution in [1.82, 2.24) is 20.1 Å². The summed E-state index contributed by atoms with van der Waals surface area (Å²) in [6.45, 7) is 1.18. The van der Waals surface area contributed by atoms with Crippen molar-refractivity contribution in [1.29, 1.82) is 0 Å². The third-order valence-electron chi connectivity index (χ3n) is 6.50. The molecular formula is C23H23BrFN5O5S. The Balaban J connectivity index is 1.54. The first-order chi connectivity index (χ1) is 17.4. The van der Waals surface area contributed by atoms with E-state index in [9.17, 15) is 24.2 Å². The maximum atomic E-state index is 13.8. The summed E-state index contributed by atoms with van der Waals surface area (Å²) in [5, 5.41) is 25.2. The molecule has 10 nitrogen and oxygen atoms in total. The Bertz CT molecular complexity index is 1230. The number of nitrogens with one attached hydrogen (secondary N) is 1. The van der Waals surface area contributed by atoms with Crippen molar-refractivity contribution >= 4 is 45.0 Å². The molecule has 0 aliphatic carbocycles. The van der Waals surface area contributed by atoms with Gasteiger partial charge in [0, 0.05) is 41.4 Å². The molecule has 3 aliphatic heterocycles. The molecule has 1 amide bonds. The third kappa shape index (κ3) is 4.81. The number of thiazole rings is 1. The molecule has 13 heteroatoms. The van der Waals surface area contributed by atoms with Gasteiger partial charge < -0.3 is 25.2 Å². The molecule has 1 aromatic carbocycles. The van der Waals surface area contributed by atoms with Crippen LogP contribution in [0.1, 0.15) is 16.6 Å². The van der Waals surface area contributed by atoms with E-state index in [1.165, 1.54) is 29.5 Å². The molecule has 2 bridgehead atoms. The lowest BCUT2D eigenvalue weighted by Crippen LogP contribution is -2.66. The van der Waals surface area contributed by atoms with Crippen LogP contribution in [-0.2, 0) is 14.3 Å². The lowest BCUT2D eigenvalue weighted by Gasteiger charge is -2.50. The van der Waals surface area contributed by atoms with E-state index in [4.69, 9.17) is 4.74 Å². The highest BCUT2D eigenvalue weighted by atomic mass is 79.9. The van der Waals surface area contributed by atoms with E-state index < -0.39 is 24.4 Å². The van der Waals surface area contributed by atoms with Crippen molar-refractivity contribution in [2.24, 2.45) is 4.99 Å². The molecule has 3 atom stereocenters. The first-order valence-corrected chi connectivity index (χ1v) is 12.9. The minimum absolute atomic E-state index is 0.0514. The number of nitrogens with zero attached hydrogens (tertiary/aromatic N) is 4. The van der Waals surface area contributed by atoms with E-state index >= 15 is 0 Å². The zero-order valence-electron chi connectivity index (χ0n) is 18.9. The van der Waals surface area contributed by atoms with Crippen LogP contribution < -0.4 is 5.32 Å². The Morgan fingerprint density at radius 2 is 2.03 bits per heavy atom. The molecule has 190 valence electrons. The molecule has 2 fully saturated rings. The number of carbonyl (C=O) groups excluding carboxylic acids is 1. The molecule has 1 aromatic heterocycles. The predicted molar refractivity (Wildman–Crippen MR) is 132 cm³/mol. The van der Waals surface area contributed by atoms with Gasteiger partial charge in [-0.15, -0.1) is 11.3 Å². The summed E-state index contributed by atoms with van der Waals surface area (Å²) in [6, 6.07) is 2.85. The topological polar surface area (TPSA) is 128 Å². The zero-order valence-corrected chi connectivity index (χ0v) is 21.3. The molecule has 0 radical (unpaired) electrons. The summed E-state index contributed by atoms with van der Waals surface area (Å²) in [5.74, 6) is -1.50. The van der Waals surface area contributed by atoms with Gasteiger partial charge in [0.05, 0.1) is 30.9 Å². The van der Waals surface area contributed by atoms with Crippen LogP contribution in [0.4, 0.5) is 4.39 Å². The number of aliphatic hydroxyl groups excluding tert-OH is 1. The van der Waals surface area contributed by atoms with Crippen LogP contribution in [-0.4, -0.2) is 94.2 Å². The zero-order chi connectivity index (χ0) is 25.4. The third-order valence-corrected chi connectivity index (χ3v) is 7.96. The SMILES string of the molecule is O=C(O)C1=C(CN2C3COCC2CN(C(=O)CO)C3)NC(c2nccs2)=N[C@H]1c1ccc(F)cc1Br. The fourth-order valence-electron chi connectivity index (χ4n) is 4.84. The summed E-state index contributed by atoms with van der Waals surface area (Å²) in [4.78, 5) is 37.5. The standard InChI is InChI=1S/C23H23BrFN5O5S/c24-16-5-12(25)1-2-15(16)20-19(23(33)34)17(27-21(28-20)22-26-3-4-36-22)8-30-13-6-29(18(32)9-31)7-14(30)11-35-10-13/h1-5,13-14,20,31H,6-11H2,(H,27,28)(H,33,34)/t13?,14?,20-/m0/s1. The van der Waals surface area contributed by atoms with Crippen molar-refractivity contribution < 1.29 is 28.9 Å². The van der Waals surface area contributed by atoms with Crippen LogP contribution in [0.25, 0.3) is 0 Å². The minimum Gasteiger partial charge on any atom is -0.478 e. The second-order valence-corrected chi connectivity index (χ2v) is 10.4. The number of fused-ring (bicyclic) bond motifs is 2. The van der Waals surface area contributed by atoms with Crippen molar-refractivity contribution in [2.75, 3.05) is 39.5 Å². The first kappa shape index (κ1) is 25.0. The number of rotatable bonds is 6. The van der Waals surface area contributed by atoms with Gasteiger partial charge in [0.25, 0.3) is 0 Å². The van der Waals surface area contributed by atoms with Gasteiger partial charge in [-0.1, -0.05) is 22.0 Å². The van der Waals surface area contributed by atoms with E-state index in [2.05, 4.69) is 36.1 Å². The molecule has 3 aliphatic rings. The average molecular weight is 580 g/mol. The molecule has 5 rings (SSSR count). The van der Waals surface area contributed by atoms with Crippen molar-refractivity contribution in [3.63, 3.8) is 0 Å². The number of amides is 1. The van der Waals surface area contributed by atoms with Crippen LogP contribution in [0.2, 0.25) is 0 Å². The van der Waals surface area contributed by atoms with Crippen LogP contribution in [0.3, 0.4) is 0 Å². The van der Waals surface area contributed by atoms with Crippen molar-refractivity contribution in [2.45, 2.75) is 18.1 Å². The highest BCUT2D eigenvalue weighted by molar-refractivity contribution is 9.10. The van der Waals surface area contributed by atoms with Crippen LogP contribution in [0.15, 0.2) is 50.5 Å². The number of aliphatic hydroxyl groups is 1. The monoisotopic (exact) mass is 579 g/mol. The molecule has 2 unspecified atom stereocenters. The number of aliphatic imine (C=N–C) groups is 1. The first-order valence-electron chi connectivity index (χ1n) is 11.2. The maximum Gasteiger partial charge on any atom is 0.335 e. The summed E-state index contributed by atoms with van der Waals surface area (Å²) in [5.41, 5.74) is 1.02. The van der Waals surface area contributed by atoms with E-state index in [0.717, 1.165) is 0 Å². The average Bonchev–Trinajstić information content (AvgIpc) is 3.38. The molecule has 0 saturated carbocycles. The number of carbonyl (C=O) groups is 2. The Labute approximate surface area is 218 Å². The number of hydrogen-bond acceptors (Lipinski definition) is 9. The number of hydrogen-bond donors (Lipinski definition) is 3.